The normalized spacial score (nSPS) is 11.3. The lowest BCUT2D eigenvalue weighted by Crippen LogP contribution is -2.43. The van der Waals surface area contributed by atoms with Crippen molar-refractivity contribution >= 4 is 23.2 Å². The quantitative estimate of drug-likeness (QED) is 0.706. The molecule has 0 aliphatic rings. The summed E-state index contributed by atoms with van der Waals surface area (Å²) in [4.78, 5) is 25.8. The zero-order valence-corrected chi connectivity index (χ0v) is 16.9. The summed E-state index contributed by atoms with van der Waals surface area (Å²) >= 11 is 5.88. The Kier molecular flexibility index (Phi) is 5.34. The Bertz CT molecular complexity index is 1050. The minimum Gasteiger partial charge on any atom is -0.478 e. The van der Waals surface area contributed by atoms with Crippen LogP contribution in [0, 0.1) is 6.92 Å². The molecule has 0 radical (unpaired) electrons. The number of ether oxygens (including phenoxy) is 1. The van der Waals surface area contributed by atoms with Crippen molar-refractivity contribution in [1.82, 2.24) is 9.36 Å². The van der Waals surface area contributed by atoms with Gasteiger partial charge in [-0.3, -0.25) is 14.3 Å². The fourth-order valence-electron chi connectivity index (χ4n) is 2.82. The minimum absolute atomic E-state index is 0.226. The Morgan fingerprint density at radius 2 is 1.68 bits per heavy atom. The molecular formula is C21H22ClN3O3. The van der Waals surface area contributed by atoms with Crippen molar-refractivity contribution in [2.24, 2.45) is 7.05 Å². The van der Waals surface area contributed by atoms with Gasteiger partial charge in [-0.2, -0.15) is 0 Å². The molecule has 1 heterocycles. The highest BCUT2D eigenvalue weighted by Gasteiger charge is 2.32. The Hall–Kier alpha value is -2.99. The number of nitrogens with zero attached hydrogens (tertiary/aromatic N) is 2. The van der Waals surface area contributed by atoms with Crippen LogP contribution in [0.3, 0.4) is 0 Å². The van der Waals surface area contributed by atoms with Gasteiger partial charge in [-0.05, 0) is 57.2 Å². The first-order valence-electron chi connectivity index (χ1n) is 8.81. The molecule has 0 spiro atoms. The lowest BCUT2D eigenvalue weighted by molar-refractivity contribution is -0.128. The molecular weight excluding hydrogens is 378 g/mol. The summed E-state index contributed by atoms with van der Waals surface area (Å²) in [6.07, 6.45) is 0. The zero-order chi connectivity index (χ0) is 20.5. The highest BCUT2D eigenvalue weighted by atomic mass is 35.5. The van der Waals surface area contributed by atoms with Gasteiger partial charge in [0, 0.05) is 12.1 Å². The first kappa shape index (κ1) is 19.8. The molecule has 7 heteroatoms. The molecule has 0 saturated carbocycles. The van der Waals surface area contributed by atoms with Gasteiger partial charge in [-0.15, -0.1) is 0 Å². The predicted octanol–water partition coefficient (Wildman–Crippen LogP) is 3.93. The standard InChI is InChI=1S/C21H22ClN3O3/c1-14-18(19(26)25(24(14)4)16-8-6-5-7-9-16)23-20(27)21(2,3)28-17-12-10-15(22)11-13-17/h5-13H,1-4H3,(H,23,27). The average Bonchev–Trinajstić information content (AvgIpc) is 2.87. The van der Waals surface area contributed by atoms with E-state index in [0.29, 0.717) is 16.5 Å². The molecule has 3 aromatic rings. The number of para-hydroxylation sites is 1. The predicted molar refractivity (Wildman–Crippen MR) is 111 cm³/mol. The highest BCUT2D eigenvalue weighted by molar-refractivity contribution is 6.30. The van der Waals surface area contributed by atoms with Crippen LogP contribution in [-0.4, -0.2) is 20.9 Å². The molecule has 1 N–H and O–H groups in total. The third kappa shape index (κ3) is 3.82. The molecule has 0 saturated heterocycles. The van der Waals surface area contributed by atoms with Gasteiger partial charge in [0.25, 0.3) is 11.5 Å². The van der Waals surface area contributed by atoms with Crippen molar-refractivity contribution in [2.75, 3.05) is 5.32 Å². The van der Waals surface area contributed by atoms with Gasteiger partial charge in [0.2, 0.25) is 0 Å². The molecule has 0 atom stereocenters. The van der Waals surface area contributed by atoms with Gasteiger partial charge in [0.15, 0.2) is 5.60 Å². The van der Waals surface area contributed by atoms with Crippen molar-refractivity contribution < 1.29 is 9.53 Å². The molecule has 6 nitrogen and oxygen atoms in total. The number of carbonyl (C=O) groups excluding carboxylic acids is 1. The van der Waals surface area contributed by atoms with Crippen LogP contribution in [0.4, 0.5) is 5.69 Å². The molecule has 3 rings (SSSR count). The molecule has 0 aliphatic heterocycles. The smallest absolute Gasteiger partial charge is 0.295 e. The summed E-state index contributed by atoms with van der Waals surface area (Å²) in [6.45, 7) is 5.07. The first-order chi connectivity index (χ1) is 13.2. The van der Waals surface area contributed by atoms with Gasteiger partial charge in [-0.25, -0.2) is 4.68 Å². The number of rotatable bonds is 5. The van der Waals surface area contributed by atoms with E-state index in [4.69, 9.17) is 16.3 Å². The van der Waals surface area contributed by atoms with Crippen molar-refractivity contribution in [3.8, 4) is 11.4 Å². The van der Waals surface area contributed by atoms with Crippen LogP contribution in [0.1, 0.15) is 19.5 Å². The van der Waals surface area contributed by atoms with Crippen LogP contribution in [0.25, 0.3) is 5.69 Å². The zero-order valence-electron chi connectivity index (χ0n) is 16.2. The second-order valence-corrected chi connectivity index (χ2v) is 7.39. The summed E-state index contributed by atoms with van der Waals surface area (Å²) in [6, 6.07) is 16.0. The Labute approximate surface area is 168 Å². The van der Waals surface area contributed by atoms with Gasteiger partial charge >= 0.3 is 0 Å². The van der Waals surface area contributed by atoms with Crippen LogP contribution >= 0.6 is 11.6 Å². The number of amides is 1. The molecule has 0 aliphatic carbocycles. The van der Waals surface area contributed by atoms with Crippen molar-refractivity contribution in [2.45, 2.75) is 26.4 Å². The van der Waals surface area contributed by atoms with Gasteiger partial charge in [0.05, 0.1) is 11.4 Å². The van der Waals surface area contributed by atoms with Crippen LogP contribution in [0.5, 0.6) is 5.75 Å². The van der Waals surface area contributed by atoms with E-state index in [-0.39, 0.29) is 11.2 Å². The number of halogens is 1. The molecule has 0 bridgehead atoms. The maximum Gasteiger partial charge on any atom is 0.295 e. The van der Waals surface area contributed by atoms with Crippen LogP contribution in [-0.2, 0) is 11.8 Å². The molecule has 0 unspecified atom stereocenters. The largest absolute Gasteiger partial charge is 0.478 e. The average molecular weight is 400 g/mol. The first-order valence-corrected chi connectivity index (χ1v) is 9.18. The van der Waals surface area contributed by atoms with E-state index >= 15 is 0 Å². The number of aromatic nitrogens is 2. The summed E-state index contributed by atoms with van der Waals surface area (Å²) in [7, 11) is 1.77. The Morgan fingerprint density at radius 3 is 2.29 bits per heavy atom. The number of nitrogens with one attached hydrogen (secondary N) is 1. The summed E-state index contributed by atoms with van der Waals surface area (Å²) in [5, 5.41) is 3.32. The number of hydrogen-bond acceptors (Lipinski definition) is 3. The van der Waals surface area contributed by atoms with E-state index in [1.807, 2.05) is 30.3 Å². The fourth-order valence-corrected chi connectivity index (χ4v) is 2.95. The van der Waals surface area contributed by atoms with Gasteiger partial charge in [-0.1, -0.05) is 29.8 Å². The van der Waals surface area contributed by atoms with E-state index in [1.54, 1.807) is 56.8 Å². The monoisotopic (exact) mass is 399 g/mol. The second kappa shape index (κ2) is 7.56. The maximum absolute atomic E-state index is 12.9. The summed E-state index contributed by atoms with van der Waals surface area (Å²) < 4.78 is 9.03. The number of hydrogen-bond donors (Lipinski definition) is 1. The lowest BCUT2D eigenvalue weighted by atomic mass is 10.1. The molecule has 0 fully saturated rings. The molecule has 1 amide bonds. The van der Waals surface area contributed by atoms with Crippen LogP contribution < -0.4 is 15.6 Å². The van der Waals surface area contributed by atoms with E-state index in [2.05, 4.69) is 5.32 Å². The lowest BCUT2D eigenvalue weighted by Gasteiger charge is -2.25. The molecule has 146 valence electrons. The van der Waals surface area contributed by atoms with Crippen molar-refractivity contribution in [3.63, 3.8) is 0 Å². The van der Waals surface area contributed by atoms with E-state index in [1.165, 1.54) is 4.68 Å². The Balaban J connectivity index is 1.88. The molecule has 2 aromatic carbocycles. The van der Waals surface area contributed by atoms with Gasteiger partial charge in [0.1, 0.15) is 11.4 Å². The van der Waals surface area contributed by atoms with E-state index < -0.39 is 11.5 Å². The SMILES string of the molecule is Cc1c(NC(=O)C(C)(C)Oc2ccc(Cl)cc2)c(=O)n(-c2ccccc2)n1C. The van der Waals surface area contributed by atoms with Gasteiger partial charge < -0.3 is 10.1 Å². The molecule has 28 heavy (non-hydrogen) atoms. The highest BCUT2D eigenvalue weighted by Crippen LogP contribution is 2.22. The van der Waals surface area contributed by atoms with Crippen LogP contribution in [0.2, 0.25) is 5.02 Å². The number of anilines is 1. The van der Waals surface area contributed by atoms with E-state index in [0.717, 1.165) is 5.69 Å². The topological polar surface area (TPSA) is 65.3 Å². The summed E-state index contributed by atoms with van der Waals surface area (Å²) in [5.41, 5.74) is 0.0888. The number of benzene rings is 2. The minimum atomic E-state index is -1.19. The maximum atomic E-state index is 12.9. The van der Waals surface area contributed by atoms with Crippen molar-refractivity contribution in [1.29, 1.82) is 0 Å². The third-order valence-corrected chi connectivity index (χ3v) is 4.78. The molecule has 1 aromatic heterocycles. The second-order valence-electron chi connectivity index (χ2n) is 6.96. The van der Waals surface area contributed by atoms with E-state index in [9.17, 15) is 9.59 Å². The fraction of sp³-hybridized carbons (Fsp3) is 0.238. The third-order valence-electron chi connectivity index (χ3n) is 4.53. The van der Waals surface area contributed by atoms with Crippen LogP contribution in [0.15, 0.2) is 59.4 Å². The summed E-state index contributed by atoms with van der Waals surface area (Å²) in [5.74, 6) is 0.0875. The number of carbonyl (C=O) groups is 1. The van der Waals surface area contributed by atoms with Crippen molar-refractivity contribution in [3.05, 3.63) is 75.7 Å². The Morgan fingerprint density at radius 1 is 1.07 bits per heavy atom.